The molecule has 3 atom stereocenters. The summed E-state index contributed by atoms with van der Waals surface area (Å²) in [6.45, 7) is 5.89. The highest BCUT2D eigenvalue weighted by atomic mass is 79.9. The van der Waals surface area contributed by atoms with Gasteiger partial charge < -0.3 is 5.32 Å². The van der Waals surface area contributed by atoms with Gasteiger partial charge in [0.25, 0.3) is 0 Å². The van der Waals surface area contributed by atoms with E-state index in [9.17, 15) is 0 Å². The second kappa shape index (κ2) is 6.80. The molecule has 2 saturated heterocycles. The summed E-state index contributed by atoms with van der Waals surface area (Å²) in [6.07, 6.45) is 6.62. The Morgan fingerprint density at radius 1 is 1.19 bits per heavy atom. The number of nitrogens with one attached hydrogen (secondary N) is 1. The van der Waals surface area contributed by atoms with Gasteiger partial charge in [-0.25, -0.2) is 0 Å². The summed E-state index contributed by atoms with van der Waals surface area (Å²) >= 11 is 3.52. The van der Waals surface area contributed by atoms with Crippen molar-refractivity contribution < 1.29 is 0 Å². The lowest BCUT2D eigenvalue weighted by molar-refractivity contribution is 0.107. The Kier molecular flexibility index (Phi) is 5.03. The van der Waals surface area contributed by atoms with Gasteiger partial charge >= 0.3 is 0 Å². The van der Waals surface area contributed by atoms with Crippen LogP contribution in [-0.2, 0) is 6.42 Å². The summed E-state index contributed by atoms with van der Waals surface area (Å²) in [7, 11) is 0. The van der Waals surface area contributed by atoms with Crippen molar-refractivity contribution in [3.05, 3.63) is 34.3 Å². The van der Waals surface area contributed by atoms with E-state index in [0.29, 0.717) is 6.04 Å². The van der Waals surface area contributed by atoms with Crippen molar-refractivity contribution in [1.82, 2.24) is 10.2 Å². The predicted molar refractivity (Wildman–Crippen MR) is 92.7 cm³/mol. The van der Waals surface area contributed by atoms with Gasteiger partial charge in [-0.15, -0.1) is 0 Å². The molecule has 0 radical (unpaired) electrons. The van der Waals surface area contributed by atoms with Crippen LogP contribution >= 0.6 is 15.9 Å². The van der Waals surface area contributed by atoms with Gasteiger partial charge in [0.05, 0.1) is 0 Å². The second-order valence-corrected chi connectivity index (χ2v) is 7.69. The zero-order chi connectivity index (χ0) is 14.8. The average molecular weight is 351 g/mol. The Morgan fingerprint density at radius 3 is 2.38 bits per heavy atom. The van der Waals surface area contributed by atoms with Crippen LogP contribution in [0.25, 0.3) is 0 Å². The first-order valence-electron chi connectivity index (χ1n) is 8.42. The monoisotopic (exact) mass is 350 g/mol. The summed E-state index contributed by atoms with van der Waals surface area (Å²) < 4.78 is 1.17. The van der Waals surface area contributed by atoms with Crippen molar-refractivity contribution in [2.24, 2.45) is 0 Å². The summed E-state index contributed by atoms with van der Waals surface area (Å²) in [4.78, 5) is 2.74. The van der Waals surface area contributed by atoms with E-state index in [0.717, 1.165) is 24.5 Å². The minimum atomic E-state index is 0.624. The molecule has 0 aromatic heterocycles. The third-order valence-electron chi connectivity index (χ3n) is 5.29. The molecule has 3 heteroatoms. The lowest BCUT2D eigenvalue weighted by Gasteiger charge is -2.40. The third kappa shape index (κ3) is 3.69. The number of rotatable bonds is 5. The molecule has 2 nitrogen and oxygen atoms in total. The highest BCUT2D eigenvalue weighted by Gasteiger charge is 2.36. The van der Waals surface area contributed by atoms with Crippen molar-refractivity contribution >= 4 is 15.9 Å². The molecule has 0 aliphatic carbocycles. The first kappa shape index (κ1) is 15.5. The Morgan fingerprint density at radius 2 is 1.81 bits per heavy atom. The van der Waals surface area contributed by atoms with Crippen LogP contribution in [0, 0.1) is 0 Å². The minimum Gasteiger partial charge on any atom is -0.311 e. The van der Waals surface area contributed by atoms with E-state index >= 15 is 0 Å². The fourth-order valence-corrected chi connectivity index (χ4v) is 4.57. The van der Waals surface area contributed by atoms with Gasteiger partial charge in [0.2, 0.25) is 0 Å². The van der Waals surface area contributed by atoms with Crippen LogP contribution in [0.5, 0.6) is 0 Å². The Labute approximate surface area is 137 Å². The van der Waals surface area contributed by atoms with Crippen LogP contribution in [0.15, 0.2) is 28.7 Å². The maximum absolute atomic E-state index is 3.76. The third-order valence-corrected chi connectivity index (χ3v) is 5.82. The number of hydrogen-bond acceptors (Lipinski definition) is 2. The smallest absolute Gasteiger partial charge is 0.0175 e. The van der Waals surface area contributed by atoms with Crippen LogP contribution in [0.1, 0.15) is 45.1 Å². The minimum absolute atomic E-state index is 0.624. The first-order chi connectivity index (χ1) is 10.2. The molecule has 2 fully saturated rings. The lowest BCUT2D eigenvalue weighted by Crippen LogP contribution is -2.51. The van der Waals surface area contributed by atoms with E-state index in [1.54, 1.807) is 0 Å². The molecular formula is C18H27BrN2. The van der Waals surface area contributed by atoms with Gasteiger partial charge in [-0.1, -0.05) is 35.0 Å². The SMILES string of the molecule is CCN(C(C)Cc1ccc(Br)cc1)C1CC2CCC(C1)N2. The molecule has 2 bridgehead atoms. The summed E-state index contributed by atoms with van der Waals surface area (Å²) in [5, 5.41) is 3.76. The van der Waals surface area contributed by atoms with Crippen LogP contribution in [0.2, 0.25) is 0 Å². The Bertz CT molecular complexity index is 447. The average Bonchev–Trinajstić information content (AvgIpc) is 2.81. The number of fused-ring (bicyclic) bond motifs is 2. The lowest BCUT2D eigenvalue weighted by atomic mass is 9.95. The second-order valence-electron chi connectivity index (χ2n) is 6.77. The topological polar surface area (TPSA) is 15.3 Å². The van der Waals surface area contributed by atoms with E-state index in [1.165, 1.54) is 42.3 Å². The van der Waals surface area contributed by atoms with Crippen LogP contribution < -0.4 is 5.32 Å². The van der Waals surface area contributed by atoms with E-state index in [2.05, 4.69) is 64.3 Å². The quantitative estimate of drug-likeness (QED) is 0.863. The van der Waals surface area contributed by atoms with Gasteiger partial charge in [-0.05, 0) is 63.3 Å². The molecule has 0 spiro atoms. The molecule has 2 heterocycles. The Balaban J connectivity index is 1.63. The molecule has 0 amide bonds. The van der Waals surface area contributed by atoms with Gasteiger partial charge in [0.15, 0.2) is 0 Å². The first-order valence-corrected chi connectivity index (χ1v) is 9.21. The molecule has 1 aromatic carbocycles. The maximum Gasteiger partial charge on any atom is 0.0175 e. The summed E-state index contributed by atoms with van der Waals surface area (Å²) in [6, 6.07) is 11.8. The molecule has 0 saturated carbocycles. The normalized spacial score (nSPS) is 29.8. The number of benzene rings is 1. The van der Waals surface area contributed by atoms with E-state index in [-0.39, 0.29) is 0 Å². The fourth-order valence-electron chi connectivity index (χ4n) is 4.31. The molecule has 1 N–H and O–H groups in total. The van der Waals surface area contributed by atoms with E-state index in [1.807, 2.05) is 0 Å². The van der Waals surface area contributed by atoms with Crippen LogP contribution in [-0.4, -0.2) is 35.6 Å². The standard InChI is InChI=1S/C18H27BrN2/c1-3-21(18-11-16-8-9-17(12-18)20-16)13(2)10-14-4-6-15(19)7-5-14/h4-7,13,16-18,20H,3,8-12H2,1-2H3. The largest absolute Gasteiger partial charge is 0.311 e. The fraction of sp³-hybridized carbons (Fsp3) is 0.667. The molecule has 2 aliphatic rings. The van der Waals surface area contributed by atoms with Crippen molar-refractivity contribution in [2.45, 2.75) is 70.1 Å². The molecule has 3 unspecified atom stereocenters. The van der Waals surface area contributed by atoms with Gasteiger partial charge in [-0.2, -0.15) is 0 Å². The summed E-state index contributed by atoms with van der Waals surface area (Å²) in [5.74, 6) is 0. The van der Waals surface area contributed by atoms with Crippen LogP contribution in [0.3, 0.4) is 0 Å². The summed E-state index contributed by atoms with van der Waals surface area (Å²) in [5.41, 5.74) is 1.45. The van der Waals surface area contributed by atoms with Crippen molar-refractivity contribution in [3.8, 4) is 0 Å². The predicted octanol–water partition coefficient (Wildman–Crippen LogP) is 3.99. The van der Waals surface area contributed by atoms with Crippen molar-refractivity contribution in [3.63, 3.8) is 0 Å². The molecule has 21 heavy (non-hydrogen) atoms. The van der Waals surface area contributed by atoms with E-state index < -0.39 is 0 Å². The number of halogens is 1. The zero-order valence-corrected chi connectivity index (χ0v) is 14.8. The highest BCUT2D eigenvalue weighted by molar-refractivity contribution is 9.10. The molecule has 3 rings (SSSR count). The van der Waals surface area contributed by atoms with E-state index in [4.69, 9.17) is 0 Å². The van der Waals surface area contributed by atoms with Gasteiger partial charge in [-0.3, -0.25) is 4.90 Å². The molecular weight excluding hydrogens is 324 g/mol. The highest BCUT2D eigenvalue weighted by Crippen LogP contribution is 2.31. The van der Waals surface area contributed by atoms with Gasteiger partial charge in [0.1, 0.15) is 0 Å². The number of piperidine rings is 1. The van der Waals surface area contributed by atoms with Crippen LogP contribution in [0.4, 0.5) is 0 Å². The number of likely N-dealkylation sites (N-methyl/N-ethyl adjacent to an activating group) is 1. The zero-order valence-electron chi connectivity index (χ0n) is 13.2. The van der Waals surface area contributed by atoms with Crippen molar-refractivity contribution in [1.29, 1.82) is 0 Å². The Hall–Kier alpha value is -0.380. The molecule has 116 valence electrons. The molecule has 2 aliphatic heterocycles. The maximum atomic E-state index is 3.76. The van der Waals surface area contributed by atoms with Gasteiger partial charge in [0, 0.05) is 28.6 Å². The van der Waals surface area contributed by atoms with Crippen molar-refractivity contribution in [2.75, 3.05) is 6.54 Å². The number of hydrogen-bond donors (Lipinski definition) is 1. The number of nitrogens with zero attached hydrogens (tertiary/aromatic N) is 1. The molecule has 1 aromatic rings.